The molecular formula is C22H36O5. The molecule has 0 aliphatic heterocycles. The molecule has 154 valence electrons. The zero-order valence-electron chi connectivity index (χ0n) is 17.6. The van der Waals surface area contributed by atoms with E-state index in [4.69, 9.17) is 14.2 Å². The van der Waals surface area contributed by atoms with Crippen molar-refractivity contribution in [2.45, 2.75) is 92.3 Å². The van der Waals surface area contributed by atoms with Gasteiger partial charge in [-0.15, -0.1) is 0 Å². The van der Waals surface area contributed by atoms with Crippen LogP contribution in [-0.4, -0.2) is 18.2 Å². The van der Waals surface area contributed by atoms with Crippen molar-refractivity contribution >= 4 is 11.9 Å². The Balaban J connectivity index is 4.36. The maximum absolute atomic E-state index is 11.7. The van der Waals surface area contributed by atoms with E-state index < -0.39 is 18.2 Å². The van der Waals surface area contributed by atoms with Gasteiger partial charge in [-0.3, -0.25) is 0 Å². The average Bonchev–Trinajstić information content (AvgIpc) is 2.66. The fourth-order valence-corrected chi connectivity index (χ4v) is 2.19. The summed E-state index contributed by atoms with van der Waals surface area (Å²) in [5, 5.41) is 0. The predicted octanol–water partition coefficient (Wildman–Crippen LogP) is 5.96. The minimum atomic E-state index is -0.720. The molecule has 1 atom stereocenters. The van der Waals surface area contributed by atoms with Crippen molar-refractivity contribution in [2.24, 2.45) is 0 Å². The Hall–Kier alpha value is -2.04. The molecule has 1 unspecified atom stereocenters. The third kappa shape index (κ3) is 13.8. The minimum absolute atomic E-state index is 0.601. The molecule has 0 aromatic carbocycles. The number of esters is 2. The van der Waals surface area contributed by atoms with E-state index >= 15 is 0 Å². The zero-order valence-corrected chi connectivity index (χ0v) is 17.6. The number of carbonyl (C=O) groups excluding carboxylic acids is 2. The molecule has 5 heteroatoms. The van der Waals surface area contributed by atoms with Crippen LogP contribution in [0.4, 0.5) is 0 Å². The number of hydrogen-bond donors (Lipinski definition) is 0. The second-order valence-electron chi connectivity index (χ2n) is 6.38. The maximum atomic E-state index is 11.7. The first-order chi connectivity index (χ1) is 13.0. The monoisotopic (exact) mass is 380 g/mol. The summed E-state index contributed by atoms with van der Waals surface area (Å²) in [5.74, 6) is -1.25. The number of allylic oxidation sites excluding steroid dienone is 2. The fourth-order valence-electron chi connectivity index (χ4n) is 2.19. The van der Waals surface area contributed by atoms with Crippen LogP contribution in [0.25, 0.3) is 0 Å². The van der Waals surface area contributed by atoms with Crippen LogP contribution in [0.2, 0.25) is 0 Å². The van der Waals surface area contributed by atoms with E-state index in [-0.39, 0.29) is 0 Å². The van der Waals surface area contributed by atoms with Gasteiger partial charge in [0.05, 0.1) is 12.5 Å². The SMILES string of the molecule is CCCC/C(=C\OC(C)OC(=O)/C=C/C(=O)O/C=C(\CC)CCCC)CC. The van der Waals surface area contributed by atoms with Gasteiger partial charge >= 0.3 is 11.9 Å². The van der Waals surface area contributed by atoms with Gasteiger partial charge in [0.2, 0.25) is 6.29 Å². The van der Waals surface area contributed by atoms with E-state index in [9.17, 15) is 9.59 Å². The number of hydrogen-bond acceptors (Lipinski definition) is 5. The predicted molar refractivity (Wildman–Crippen MR) is 108 cm³/mol. The first-order valence-electron chi connectivity index (χ1n) is 10.1. The summed E-state index contributed by atoms with van der Waals surface area (Å²) in [6.07, 6.45) is 12.5. The highest BCUT2D eigenvalue weighted by Gasteiger charge is 2.07. The van der Waals surface area contributed by atoms with E-state index in [2.05, 4.69) is 20.8 Å². The molecule has 0 N–H and O–H groups in total. The first kappa shape index (κ1) is 25.0. The molecule has 0 aromatic rings. The molecule has 27 heavy (non-hydrogen) atoms. The third-order valence-corrected chi connectivity index (χ3v) is 4.02. The smallest absolute Gasteiger partial charge is 0.335 e. The molecular weight excluding hydrogens is 344 g/mol. The molecule has 0 saturated carbocycles. The van der Waals surface area contributed by atoms with Gasteiger partial charge in [-0.2, -0.15) is 0 Å². The van der Waals surface area contributed by atoms with Crippen molar-refractivity contribution in [1.82, 2.24) is 0 Å². The van der Waals surface area contributed by atoms with E-state index in [0.29, 0.717) is 0 Å². The van der Waals surface area contributed by atoms with Gasteiger partial charge in [-0.05, 0) is 49.7 Å². The largest absolute Gasteiger partial charge is 0.463 e. The zero-order chi connectivity index (χ0) is 20.5. The normalized spacial score (nSPS) is 13.5. The highest BCUT2D eigenvalue weighted by molar-refractivity contribution is 5.91. The summed E-state index contributed by atoms with van der Waals surface area (Å²) in [6, 6.07) is 0. The molecule has 0 fully saturated rings. The lowest BCUT2D eigenvalue weighted by Gasteiger charge is -2.12. The van der Waals surface area contributed by atoms with E-state index in [1.807, 2.05) is 6.92 Å². The van der Waals surface area contributed by atoms with E-state index in [0.717, 1.165) is 69.1 Å². The molecule has 0 saturated heterocycles. The summed E-state index contributed by atoms with van der Waals surface area (Å²) >= 11 is 0. The van der Waals surface area contributed by atoms with Crippen molar-refractivity contribution in [3.8, 4) is 0 Å². The molecule has 5 nitrogen and oxygen atoms in total. The standard InChI is InChI=1S/C22H36O5/c1-6-10-12-19(8-3)16-25-18(5)27-22(24)15-14-21(23)26-17-20(9-4)13-11-7-2/h14-18H,6-13H2,1-5H3/b15-14+,19-16-,20-17+. The van der Waals surface area contributed by atoms with Crippen LogP contribution < -0.4 is 0 Å². The van der Waals surface area contributed by atoms with Gasteiger partial charge in [0.15, 0.2) is 0 Å². The van der Waals surface area contributed by atoms with Gasteiger partial charge in [-0.25, -0.2) is 9.59 Å². The lowest BCUT2D eigenvalue weighted by molar-refractivity contribution is -0.160. The first-order valence-corrected chi connectivity index (χ1v) is 10.1. The van der Waals surface area contributed by atoms with Gasteiger partial charge in [-0.1, -0.05) is 40.5 Å². The Morgan fingerprint density at radius 3 is 1.85 bits per heavy atom. The van der Waals surface area contributed by atoms with Gasteiger partial charge in [0.25, 0.3) is 0 Å². The van der Waals surface area contributed by atoms with Crippen LogP contribution >= 0.6 is 0 Å². The molecule has 0 aromatic heterocycles. The van der Waals surface area contributed by atoms with Crippen molar-refractivity contribution in [3.63, 3.8) is 0 Å². The summed E-state index contributed by atoms with van der Waals surface area (Å²) in [7, 11) is 0. The van der Waals surface area contributed by atoms with Gasteiger partial charge < -0.3 is 14.2 Å². The number of unbranched alkanes of at least 4 members (excludes halogenated alkanes) is 2. The lowest BCUT2D eigenvalue weighted by atomic mass is 10.1. The lowest BCUT2D eigenvalue weighted by Crippen LogP contribution is -2.15. The van der Waals surface area contributed by atoms with Crippen molar-refractivity contribution in [3.05, 3.63) is 35.8 Å². The van der Waals surface area contributed by atoms with Crippen molar-refractivity contribution in [1.29, 1.82) is 0 Å². The minimum Gasteiger partial charge on any atom is -0.463 e. The van der Waals surface area contributed by atoms with Crippen LogP contribution in [0, 0.1) is 0 Å². The number of carbonyl (C=O) groups is 2. The molecule has 0 amide bonds. The number of rotatable bonds is 14. The highest BCUT2D eigenvalue weighted by atomic mass is 16.7. The van der Waals surface area contributed by atoms with Gasteiger partial charge in [0, 0.05) is 19.1 Å². The molecule has 0 rings (SSSR count). The summed E-state index contributed by atoms with van der Waals surface area (Å²) in [5.41, 5.74) is 2.25. The third-order valence-electron chi connectivity index (χ3n) is 4.02. The maximum Gasteiger partial charge on any atom is 0.335 e. The van der Waals surface area contributed by atoms with E-state index in [1.54, 1.807) is 13.2 Å². The Morgan fingerprint density at radius 1 is 0.815 bits per heavy atom. The fraction of sp³-hybridized carbons (Fsp3) is 0.636. The Kier molecular flexibility index (Phi) is 14.9. The summed E-state index contributed by atoms with van der Waals surface area (Å²) in [6.45, 7) is 9.97. The van der Waals surface area contributed by atoms with Crippen molar-refractivity contribution in [2.75, 3.05) is 0 Å². The van der Waals surface area contributed by atoms with Crippen LogP contribution in [0.5, 0.6) is 0 Å². The Morgan fingerprint density at radius 2 is 1.33 bits per heavy atom. The quantitative estimate of drug-likeness (QED) is 0.161. The number of ether oxygens (including phenoxy) is 3. The molecule has 0 heterocycles. The van der Waals surface area contributed by atoms with Crippen LogP contribution in [-0.2, 0) is 23.8 Å². The van der Waals surface area contributed by atoms with Crippen LogP contribution in [0.15, 0.2) is 35.8 Å². The van der Waals surface area contributed by atoms with Crippen LogP contribution in [0.1, 0.15) is 86.0 Å². The van der Waals surface area contributed by atoms with Gasteiger partial charge in [0.1, 0.15) is 0 Å². The summed E-state index contributed by atoms with van der Waals surface area (Å²) in [4.78, 5) is 23.4. The molecule has 0 aliphatic rings. The Bertz CT molecular complexity index is 517. The highest BCUT2D eigenvalue weighted by Crippen LogP contribution is 2.13. The van der Waals surface area contributed by atoms with Crippen LogP contribution in [0.3, 0.4) is 0 Å². The summed E-state index contributed by atoms with van der Waals surface area (Å²) < 4.78 is 15.6. The molecule has 0 radical (unpaired) electrons. The Labute approximate surface area is 164 Å². The van der Waals surface area contributed by atoms with Crippen molar-refractivity contribution < 1.29 is 23.8 Å². The average molecular weight is 381 g/mol. The topological polar surface area (TPSA) is 61.8 Å². The molecule has 0 spiro atoms. The molecule has 0 aliphatic carbocycles. The second-order valence-corrected chi connectivity index (χ2v) is 6.38. The second kappa shape index (κ2) is 16.2. The van der Waals surface area contributed by atoms with E-state index in [1.165, 1.54) is 11.8 Å². The molecule has 0 bridgehead atoms.